The highest BCUT2D eigenvalue weighted by atomic mass is 79.9. The standard InChI is InChI=1S/C20H22BrN5O/c1-27-18-11-16-15(10-17(18)24-14-5-7-23-8-6-14)19(22)26-20(25-16)12-3-2-4-13(21)9-12/h2-4,9-11,14,23-24H,5-8H2,1H3,(H2,22,25,26). The largest absolute Gasteiger partial charge is 0.495 e. The Hall–Kier alpha value is -2.38. The van der Waals surface area contributed by atoms with Crippen molar-refractivity contribution in [3.05, 3.63) is 40.9 Å². The van der Waals surface area contributed by atoms with Crippen molar-refractivity contribution >= 4 is 38.3 Å². The van der Waals surface area contributed by atoms with Gasteiger partial charge in [0.05, 0.1) is 18.3 Å². The molecule has 140 valence electrons. The maximum Gasteiger partial charge on any atom is 0.162 e. The average molecular weight is 428 g/mol. The molecule has 0 spiro atoms. The van der Waals surface area contributed by atoms with Crippen molar-refractivity contribution in [2.24, 2.45) is 0 Å². The van der Waals surface area contributed by atoms with E-state index in [0.717, 1.165) is 58.3 Å². The number of rotatable bonds is 4. The van der Waals surface area contributed by atoms with Crippen LogP contribution in [0.4, 0.5) is 11.5 Å². The van der Waals surface area contributed by atoms with E-state index in [4.69, 9.17) is 15.5 Å². The fourth-order valence-electron chi connectivity index (χ4n) is 3.40. The fourth-order valence-corrected chi connectivity index (χ4v) is 3.80. The summed E-state index contributed by atoms with van der Waals surface area (Å²) in [6.45, 7) is 2.05. The molecule has 4 N–H and O–H groups in total. The van der Waals surface area contributed by atoms with Crippen molar-refractivity contribution in [1.82, 2.24) is 15.3 Å². The van der Waals surface area contributed by atoms with Crippen LogP contribution in [0.3, 0.4) is 0 Å². The average Bonchev–Trinajstić information content (AvgIpc) is 2.68. The number of anilines is 2. The van der Waals surface area contributed by atoms with Crippen molar-refractivity contribution in [1.29, 1.82) is 0 Å². The van der Waals surface area contributed by atoms with Gasteiger partial charge in [-0.3, -0.25) is 0 Å². The zero-order chi connectivity index (χ0) is 18.8. The maximum absolute atomic E-state index is 6.28. The van der Waals surface area contributed by atoms with Crippen LogP contribution in [0.2, 0.25) is 0 Å². The summed E-state index contributed by atoms with van der Waals surface area (Å²) in [5.41, 5.74) is 8.90. The quantitative estimate of drug-likeness (QED) is 0.586. The van der Waals surface area contributed by atoms with E-state index in [-0.39, 0.29) is 0 Å². The molecular weight excluding hydrogens is 406 g/mol. The van der Waals surface area contributed by atoms with Crippen LogP contribution >= 0.6 is 15.9 Å². The summed E-state index contributed by atoms with van der Waals surface area (Å²) in [5.74, 6) is 1.83. The second kappa shape index (κ2) is 7.70. The van der Waals surface area contributed by atoms with E-state index >= 15 is 0 Å². The highest BCUT2D eigenvalue weighted by Gasteiger charge is 2.17. The summed E-state index contributed by atoms with van der Waals surface area (Å²) in [7, 11) is 1.68. The summed E-state index contributed by atoms with van der Waals surface area (Å²) in [6.07, 6.45) is 2.16. The molecule has 2 aromatic carbocycles. The Labute approximate surface area is 166 Å². The predicted molar refractivity (Wildman–Crippen MR) is 113 cm³/mol. The normalized spacial score (nSPS) is 15.0. The van der Waals surface area contributed by atoms with Crippen molar-refractivity contribution in [2.75, 3.05) is 31.2 Å². The molecule has 0 amide bonds. The van der Waals surface area contributed by atoms with Crippen LogP contribution in [0, 0.1) is 0 Å². The molecule has 27 heavy (non-hydrogen) atoms. The van der Waals surface area contributed by atoms with Crippen molar-refractivity contribution in [3.8, 4) is 17.1 Å². The zero-order valence-corrected chi connectivity index (χ0v) is 16.7. The highest BCUT2D eigenvalue weighted by molar-refractivity contribution is 9.10. The number of nitrogens with zero attached hydrogens (tertiary/aromatic N) is 2. The number of fused-ring (bicyclic) bond motifs is 1. The minimum atomic E-state index is 0.417. The van der Waals surface area contributed by atoms with E-state index in [2.05, 4.69) is 31.5 Å². The van der Waals surface area contributed by atoms with Gasteiger partial charge in [0.15, 0.2) is 5.82 Å². The van der Waals surface area contributed by atoms with Gasteiger partial charge in [0, 0.05) is 27.5 Å². The van der Waals surface area contributed by atoms with Gasteiger partial charge in [-0.15, -0.1) is 0 Å². The first-order valence-corrected chi connectivity index (χ1v) is 9.82. The summed E-state index contributed by atoms with van der Waals surface area (Å²) in [4.78, 5) is 9.24. The summed E-state index contributed by atoms with van der Waals surface area (Å²) >= 11 is 3.49. The summed E-state index contributed by atoms with van der Waals surface area (Å²) < 4.78 is 6.59. The van der Waals surface area contributed by atoms with E-state index in [1.807, 2.05) is 36.4 Å². The molecule has 7 heteroatoms. The molecule has 1 aromatic heterocycles. The lowest BCUT2D eigenvalue weighted by Crippen LogP contribution is -2.35. The first kappa shape index (κ1) is 18.0. The molecular formula is C20H22BrN5O. The van der Waals surface area contributed by atoms with E-state index in [9.17, 15) is 0 Å². The van der Waals surface area contributed by atoms with Crippen LogP contribution in [0.1, 0.15) is 12.8 Å². The minimum Gasteiger partial charge on any atom is -0.495 e. The van der Waals surface area contributed by atoms with Crippen LogP contribution in [0.5, 0.6) is 5.75 Å². The maximum atomic E-state index is 6.28. The first-order chi connectivity index (χ1) is 13.1. The number of ether oxygens (including phenoxy) is 1. The van der Waals surface area contributed by atoms with E-state index in [1.165, 1.54) is 0 Å². The molecule has 6 nitrogen and oxygen atoms in total. The molecule has 3 aromatic rings. The predicted octanol–water partition coefficient (Wildman–Crippen LogP) is 3.81. The topological polar surface area (TPSA) is 85.1 Å². The molecule has 4 rings (SSSR count). The first-order valence-electron chi connectivity index (χ1n) is 9.02. The third-order valence-electron chi connectivity index (χ3n) is 4.83. The third kappa shape index (κ3) is 3.84. The Morgan fingerprint density at radius 1 is 1.19 bits per heavy atom. The molecule has 0 aliphatic carbocycles. The van der Waals surface area contributed by atoms with Crippen molar-refractivity contribution in [3.63, 3.8) is 0 Å². The summed E-state index contributed by atoms with van der Waals surface area (Å²) in [6, 6.07) is 12.2. The molecule has 1 saturated heterocycles. The van der Waals surface area contributed by atoms with Crippen LogP contribution in [-0.2, 0) is 0 Å². The monoisotopic (exact) mass is 427 g/mol. The van der Waals surface area contributed by atoms with Gasteiger partial charge in [-0.25, -0.2) is 9.97 Å². The smallest absolute Gasteiger partial charge is 0.162 e. The number of hydrogen-bond donors (Lipinski definition) is 3. The van der Waals surface area contributed by atoms with Crippen LogP contribution < -0.4 is 21.1 Å². The molecule has 0 saturated carbocycles. The van der Waals surface area contributed by atoms with Gasteiger partial charge in [0.2, 0.25) is 0 Å². The Morgan fingerprint density at radius 3 is 2.74 bits per heavy atom. The number of nitrogen functional groups attached to an aromatic ring is 1. The van der Waals surface area contributed by atoms with Crippen molar-refractivity contribution < 1.29 is 4.74 Å². The second-order valence-corrected chi connectivity index (χ2v) is 7.60. The van der Waals surface area contributed by atoms with Gasteiger partial charge in [-0.2, -0.15) is 0 Å². The molecule has 0 bridgehead atoms. The second-order valence-electron chi connectivity index (χ2n) is 6.68. The SMILES string of the molecule is COc1cc2nc(-c3cccc(Br)c3)nc(N)c2cc1NC1CCNCC1. The minimum absolute atomic E-state index is 0.417. The van der Waals surface area contributed by atoms with E-state index in [0.29, 0.717) is 17.7 Å². The molecule has 0 unspecified atom stereocenters. The molecule has 0 atom stereocenters. The number of nitrogens with two attached hydrogens (primary N) is 1. The molecule has 1 fully saturated rings. The lowest BCUT2D eigenvalue weighted by molar-refractivity contribution is 0.414. The molecule has 2 heterocycles. The van der Waals surface area contributed by atoms with Crippen LogP contribution in [-0.4, -0.2) is 36.2 Å². The van der Waals surface area contributed by atoms with Gasteiger partial charge in [-0.05, 0) is 44.1 Å². The van der Waals surface area contributed by atoms with Gasteiger partial charge in [0.1, 0.15) is 11.6 Å². The molecule has 1 aliphatic rings. The van der Waals surface area contributed by atoms with Crippen LogP contribution in [0.15, 0.2) is 40.9 Å². The van der Waals surface area contributed by atoms with Gasteiger partial charge in [0.25, 0.3) is 0 Å². The fraction of sp³-hybridized carbons (Fsp3) is 0.300. The van der Waals surface area contributed by atoms with Gasteiger partial charge in [-0.1, -0.05) is 28.1 Å². The Balaban J connectivity index is 1.75. The Kier molecular flexibility index (Phi) is 5.13. The number of aromatic nitrogens is 2. The zero-order valence-electron chi connectivity index (χ0n) is 15.1. The van der Waals surface area contributed by atoms with Crippen LogP contribution in [0.25, 0.3) is 22.3 Å². The Morgan fingerprint density at radius 2 is 2.00 bits per heavy atom. The van der Waals surface area contributed by atoms with E-state index in [1.54, 1.807) is 7.11 Å². The van der Waals surface area contributed by atoms with Gasteiger partial charge < -0.3 is 21.1 Å². The van der Waals surface area contributed by atoms with Gasteiger partial charge >= 0.3 is 0 Å². The third-order valence-corrected chi connectivity index (χ3v) is 5.32. The molecule has 0 radical (unpaired) electrons. The number of piperidine rings is 1. The highest BCUT2D eigenvalue weighted by Crippen LogP contribution is 2.34. The summed E-state index contributed by atoms with van der Waals surface area (Å²) in [5, 5.41) is 7.80. The lowest BCUT2D eigenvalue weighted by atomic mass is 10.1. The molecule has 1 aliphatic heterocycles. The van der Waals surface area contributed by atoms with Crippen molar-refractivity contribution in [2.45, 2.75) is 18.9 Å². The lowest BCUT2D eigenvalue weighted by Gasteiger charge is -2.25. The number of methoxy groups -OCH3 is 1. The number of nitrogens with one attached hydrogen (secondary N) is 2. The number of benzene rings is 2. The number of hydrogen-bond acceptors (Lipinski definition) is 6. The number of halogens is 1. The van der Waals surface area contributed by atoms with E-state index < -0.39 is 0 Å². The Bertz CT molecular complexity index is 972.